The lowest BCUT2D eigenvalue weighted by atomic mass is 10.3. The quantitative estimate of drug-likeness (QED) is 0.773. The van der Waals surface area contributed by atoms with Crippen molar-refractivity contribution in [2.75, 3.05) is 30.8 Å². The molecule has 138 valence electrons. The predicted molar refractivity (Wildman–Crippen MR) is 97.6 cm³/mol. The van der Waals surface area contributed by atoms with Crippen molar-refractivity contribution in [2.45, 2.75) is 0 Å². The molecule has 0 unspecified atom stereocenters. The van der Waals surface area contributed by atoms with Gasteiger partial charge in [0.1, 0.15) is 11.6 Å². The van der Waals surface area contributed by atoms with Gasteiger partial charge in [-0.1, -0.05) is 29.3 Å². The molecule has 2 aromatic carbocycles. The number of carbonyl (C=O) groups excluding carboxylic acids is 2. The molecule has 0 atom stereocenters. The third-order valence-corrected chi connectivity index (χ3v) is 3.89. The van der Waals surface area contributed by atoms with E-state index in [-0.39, 0.29) is 34.5 Å². The molecule has 0 saturated heterocycles. The van der Waals surface area contributed by atoms with Crippen LogP contribution in [0.4, 0.5) is 20.2 Å². The van der Waals surface area contributed by atoms with Crippen molar-refractivity contribution < 1.29 is 18.4 Å². The number of rotatable bonds is 6. The second kappa shape index (κ2) is 8.93. The number of amides is 2. The minimum Gasteiger partial charge on any atom is -0.322 e. The van der Waals surface area contributed by atoms with Gasteiger partial charge >= 0.3 is 0 Å². The molecule has 0 aliphatic heterocycles. The first-order chi connectivity index (χ1) is 12.3. The van der Waals surface area contributed by atoms with E-state index in [0.29, 0.717) is 6.07 Å². The van der Waals surface area contributed by atoms with E-state index >= 15 is 0 Å². The van der Waals surface area contributed by atoms with Gasteiger partial charge in [-0.25, -0.2) is 8.78 Å². The summed E-state index contributed by atoms with van der Waals surface area (Å²) in [6.07, 6.45) is 0. The summed E-state index contributed by atoms with van der Waals surface area (Å²) in [5.74, 6) is -2.61. The van der Waals surface area contributed by atoms with Gasteiger partial charge in [0.2, 0.25) is 11.8 Å². The zero-order valence-electron chi connectivity index (χ0n) is 13.7. The van der Waals surface area contributed by atoms with Crippen molar-refractivity contribution in [1.29, 1.82) is 0 Å². The van der Waals surface area contributed by atoms with Crippen LogP contribution in [-0.2, 0) is 9.59 Å². The number of anilines is 2. The fourth-order valence-corrected chi connectivity index (χ4v) is 2.61. The van der Waals surface area contributed by atoms with Crippen LogP contribution in [0.25, 0.3) is 0 Å². The van der Waals surface area contributed by atoms with Crippen molar-refractivity contribution in [2.24, 2.45) is 0 Å². The number of nitrogens with one attached hydrogen (secondary N) is 2. The number of carbonyl (C=O) groups is 2. The van der Waals surface area contributed by atoms with E-state index in [1.165, 1.54) is 11.9 Å². The maximum absolute atomic E-state index is 13.5. The van der Waals surface area contributed by atoms with Crippen LogP contribution < -0.4 is 10.6 Å². The second-order valence-corrected chi connectivity index (χ2v) is 6.30. The van der Waals surface area contributed by atoms with Crippen LogP contribution >= 0.6 is 23.2 Å². The molecule has 0 bridgehead atoms. The Labute approximate surface area is 158 Å². The fraction of sp³-hybridized carbons (Fsp3) is 0.176. The first-order valence-corrected chi connectivity index (χ1v) is 8.19. The smallest absolute Gasteiger partial charge is 0.238 e. The molecular formula is C17H15Cl2F2N3O2. The van der Waals surface area contributed by atoms with Crippen LogP contribution in [0.3, 0.4) is 0 Å². The molecule has 2 aromatic rings. The number of benzene rings is 2. The van der Waals surface area contributed by atoms with Gasteiger partial charge in [-0.15, -0.1) is 0 Å². The van der Waals surface area contributed by atoms with E-state index in [1.54, 1.807) is 18.2 Å². The minimum atomic E-state index is -0.882. The highest BCUT2D eigenvalue weighted by Gasteiger charge is 2.15. The average molecular weight is 402 g/mol. The molecule has 0 aromatic heterocycles. The molecule has 0 heterocycles. The molecule has 9 heteroatoms. The van der Waals surface area contributed by atoms with Gasteiger partial charge in [0, 0.05) is 6.07 Å². The predicted octanol–water partition coefficient (Wildman–Crippen LogP) is 3.78. The Bertz CT molecular complexity index is 813. The minimum absolute atomic E-state index is 0.124. The van der Waals surface area contributed by atoms with Gasteiger partial charge in [-0.3, -0.25) is 14.5 Å². The molecule has 0 aliphatic carbocycles. The van der Waals surface area contributed by atoms with Crippen LogP contribution in [-0.4, -0.2) is 36.9 Å². The Kier molecular flexibility index (Phi) is 6.90. The summed E-state index contributed by atoms with van der Waals surface area (Å²) in [4.78, 5) is 25.4. The van der Waals surface area contributed by atoms with E-state index in [9.17, 15) is 18.4 Å². The highest BCUT2D eigenvalue weighted by atomic mass is 35.5. The summed E-state index contributed by atoms with van der Waals surface area (Å²) in [6, 6.07) is 7.62. The highest BCUT2D eigenvalue weighted by Crippen LogP contribution is 2.29. The second-order valence-electron chi connectivity index (χ2n) is 5.49. The Morgan fingerprint density at radius 1 is 1.00 bits per heavy atom. The number of hydrogen-bond donors (Lipinski definition) is 2. The molecule has 0 fully saturated rings. The van der Waals surface area contributed by atoms with Crippen molar-refractivity contribution in [3.8, 4) is 0 Å². The zero-order chi connectivity index (χ0) is 19.3. The number of halogens is 4. The maximum atomic E-state index is 13.5. The van der Waals surface area contributed by atoms with Crippen molar-refractivity contribution in [1.82, 2.24) is 4.90 Å². The van der Waals surface area contributed by atoms with E-state index in [0.717, 1.165) is 12.1 Å². The van der Waals surface area contributed by atoms with Crippen molar-refractivity contribution in [3.05, 3.63) is 58.1 Å². The van der Waals surface area contributed by atoms with E-state index in [4.69, 9.17) is 23.2 Å². The van der Waals surface area contributed by atoms with E-state index in [1.807, 2.05) is 0 Å². The summed E-state index contributed by atoms with van der Waals surface area (Å²) < 4.78 is 26.4. The van der Waals surface area contributed by atoms with Gasteiger partial charge in [-0.2, -0.15) is 0 Å². The zero-order valence-corrected chi connectivity index (χ0v) is 15.2. The van der Waals surface area contributed by atoms with Crippen molar-refractivity contribution >= 4 is 46.4 Å². The topological polar surface area (TPSA) is 61.4 Å². The highest BCUT2D eigenvalue weighted by molar-refractivity contribution is 6.39. The molecule has 5 nitrogen and oxygen atoms in total. The monoisotopic (exact) mass is 401 g/mol. The summed E-state index contributed by atoms with van der Waals surface area (Å²) in [5.41, 5.74) is 0.143. The summed E-state index contributed by atoms with van der Waals surface area (Å²) in [6.45, 7) is -0.304. The number of hydrogen-bond acceptors (Lipinski definition) is 3. The Balaban J connectivity index is 1.88. The molecule has 2 amide bonds. The standard InChI is InChI=1S/C17H15Cl2F2N3O2/c1-24(8-15(25)22-14-6-5-10(20)7-13(14)21)9-16(26)23-17-11(18)3-2-4-12(17)19/h2-7H,8-9H2,1H3,(H,22,25)(H,23,26). The molecule has 2 N–H and O–H groups in total. The maximum Gasteiger partial charge on any atom is 0.238 e. The summed E-state index contributed by atoms with van der Waals surface area (Å²) >= 11 is 11.9. The third-order valence-electron chi connectivity index (χ3n) is 3.26. The van der Waals surface area contributed by atoms with Crippen molar-refractivity contribution in [3.63, 3.8) is 0 Å². The Hall–Kier alpha value is -2.22. The van der Waals surface area contributed by atoms with Crippen LogP contribution in [0.1, 0.15) is 0 Å². The van der Waals surface area contributed by atoms with E-state index < -0.39 is 23.4 Å². The van der Waals surface area contributed by atoms with Gasteiger partial charge < -0.3 is 10.6 Å². The average Bonchev–Trinajstić information content (AvgIpc) is 2.53. The van der Waals surface area contributed by atoms with Crippen LogP contribution in [0.15, 0.2) is 36.4 Å². The summed E-state index contributed by atoms with van der Waals surface area (Å²) in [7, 11) is 1.54. The van der Waals surface area contributed by atoms with Gasteiger partial charge in [0.15, 0.2) is 0 Å². The largest absolute Gasteiger partial charge is 0.322 e. The summed E-state index contributed by atoms with van der Waals surface area (Å²) in [5, 5.41) is 5.46. The Morgan fingerprint density at radius 2 is 1.58 bits per heavy atom. The van der Waals surface area contributed by atoms with Gasteiger partial charge in [0.05, 0.1) is 34.5 Å². The first kappa shape index (κ1) is 20.1. The lowest BCUT2D eigenvalue weighted by Gasteiger charge is -2.17. The number of para-hydroxylation sites is 1. The molecule has 0 spiro atoms. The molecule has 2 rings (SSSR count). The number of likely N-dealkylation sites (N-methyl/N-ethyl adjacent to an activating group) is 1. The normalized spacial score (nSPS) is 10.7. The molecular weight excluding hydrogens is 387 g/mol. The van der Waals surface area contributed by atoms with Gasteiger partial charge in [0.25, 0.3) is 0 Å². The SMILES string of the molecule is CN(CC(=O)Nc1ccc(F)cc1F)CC(=O)Nc1c(Cl)cccc1Cl. The Morgan fingerprint density at radius 3 is 2.15 bits per heavy atom. The third kappa shape index (κ3) is 5.66. The number of nitrogens with zero attached hydrogens (tertiary/aromatic N) is 1. The fourth-order valence-electron chi connectivity index (χ4n) is 2.12. The lowest BCUT2D eigenvalue weighted by Crippen LogP contribution is -2.36. The first-order valence-electron chi connectivity index (χ1n) is 7.43. The van der Waals surface area contributed by atoms with Crippen LogP contribution in [0.2, 0.25) is 10.0 Å². The van der Waals surface area contributed by atoms with Crippen LogP contribution in [0, 0.1) is 11.6 Å². The lowest BCUT2D eigenvalue weighted by molar-refractivity contribution is -0.119. The van der Waals surface area contributed by atoms with Crippen LogP contribution in [0.5, 0.6) is 0 Å². The molecule has 0 saturated carbocycles. The van der Waals surface area contributed by atoms with E-state index in [2.05, 4.69) is 10.6 Å². The molecule has 26 heavy (non-hydrogen) atoms. The molecule has 0 radical (unpaired) electrons. The van der Waals surface area contributed by atoms with Gasteiger partial charge in [-0.05, 0) is 31.3 Å². The molecule has 0 aliphatic rings.